The summed E-state index contributed by atoms with van der Waals surface area (Å²) in [6.07, 6.45) is 0. The van der Waals surface area contributed by atoms with Crippen LogP contribution in [0.3, 0.4) is 0 Å². The first-order chi connectivity index (χ1) is 12.7. The van der Waals surface area contributed by atoms with E-state index in [1.54, 1.807) is 0 Å². The molecule has 7 nitrogen and oxygen atoms in total. The molecule has 1 aliphatic heterocycles. The number of hydrogen-bond acceptors (Lipinski definition) is 4. The van der Waals surface area contributed by atoms with Crippen LogP contribution < -0.4 is 11.1 Å². The van der Waals surface area contributed by atoms with Crippen LogP contribution in [0.2, 0.25) is 0 Å². The molecule has 1 saturated heterocycles. The topological polar surface area (TPSA) is 95.7 Å². The van der Waals surface area contributed by atoms with Gasteiger partial charge in [-0.1, -0.05) is 13.8 Å². The SMILES string of the molecule is CC(C)[C@H](N)C(=O)NCC(=O)N1CCN(C(=O)c2ccc(F)c(F)c2)CC1.Cl. The first kappa shape index (κ1) is 23.8. The highest BCUT2D eigenvalue weighted by molar-refractivity contribution is 5.94. The Kier molecular flexibility index (Phi) is 8.77. The number of nitrogens with one attached hydrogen (secondary N) is 1. The molecular formula is C18H25ClF2N4O3. The molecule has 0 aliphatic carbocycles. The van der Waals surface area contributed by atoms with Crippen LogP contribution in [-0.2, 0) is 9.59 Å². The van der Waals surface area contributed by atoms with Gasteiger partial charge in [0.2, 0.25) is 11.8 Å². The van der Waals surface area contributed by atoms with Gasteiger partial charge in [-0.25, -0.2) is 8.78 Å². The minimum absolute atomic E-state index is 0. The van der Waals surface area contributed by atoms with Gasteiger partial charge in [-0.2, -0.15) is 0 Å². The van der Waals surface area contributed by atoms with Gasteiger partial charge >= 0.3 is 0 Å². The predicted octanol–water partition coefficient (Wildman–Crippen LogP) is 0.770. The molecular weight excluding hydrogens is 394 g/mol. The van der Waals surface area contributed by atoms with Crippen molar-refractivity contribution in [3.05, 3.63) is 35.4 Å². The molecule has 1 fully saturated rings. The molecule has 28 heavy (non-hydrogen) atoms. The van der Waals surface area contributed by atoms with Gasteiger partial charge in [-0.3, -0.25) is 14.4 Å². The number of carbonyl (C=O) groups excluding carboxylic acids is 3. The number of amides is 3. The molecule has 0 saturated carbocycles. The summed E-state index contributed by atoms with van der Waals surface area (Å²) in [7, 11) is 0. The minimum Gasteiger partial charge on any atom is -0.346 e. The van der Waals surface area contributed by atoms with Crippen LogP contribution in [0.5, 0.6) is 0 Å². The monoisotopic (exact) mass is 418 g/mol. The van der Waals surface area contributed by atoms with E-state index in [9.17, 15) is 23.2 Å². The van der Waals surface area contributed by atoms with Crippen molar-refractivity contribution in [2.45, 2.75) is 19.9 Å². The van der Waals surface area contributed by atoms with Gasteiger partial charge in [0.1, 0.15) is 0 Å². The van der Waals surface area contributed by atoms with Crippen molar-refractivity contribution in [3.8, 4) is 0 Å². The molecule has 3 N–H and O–H groups in total. The van der Waals surface area contributed by atoms with Crippen LogP contribution >= 0.6 is 12.4 Å². The Morgan fingerprint density at radius 3 is 2.18 bits per heavy atom. The molecule has 0 aromatic heterocycles. The van der Waals surface area contributed by atoms with E-state index in [0.29, 0.717) is 13.1 Å². The zero-order valence-electron chi connectivity index (χ0n) is 15.8. The zero-order valence-corrected chi connectivity index (χ0v) is 16.6. The Morgan fingerprint density at radius 1 is 1.07 bits per heavy atom. The highest BCUT2D eigenvalue weighted by Gasteiger charge is 2.26. The summed E-state index contributed by atoms with van der Waals surface area (Å²) in [5.74, 6) is -3.20. The van der Waals surface area contributed by atoms with Gasteiger partial charge in [-0.05, 0) is 24.1 Å². The van der Waals surface area contributed by atoms with E-state index in [4.69, 9.17) is 5.73 Å². The number of benzene rings is 1. The van der Waals surface area contributed by atoms with Crippen molar-refractivity contribution in [3.63, 3.8) is 0 Å². The molecule has 0 radical (unpaired) electrons. The van der Waals surface area contributed by atoms with Crippen LogP contribution in [0.15, 0.2) is 18.2 Å². The fraction of sp³-hybridized carbons (Fsp3) is 0.500. The lowest BCUT2D eigenvalue weighted by molar-refractivity contribution is -0.134. The molecule has 1 aromatic rings. The van der Waals surface area contributed by atoms with Crippen molar-refractivity contribution >= 4 is 30.1 Å². The Bertz CT molecular complexity index is 725. The summed E-state index contributed by atoms with van der Waals surface area (Å²) >= 11 is 0. The molecule has 10 heteroatoms. The largest absolute Gasteiger partial charge is 0.346 e. The highest BCUT2D eigenvalue weighted by Crippen LogP contribution is 2.13. The van der Waals surface area contributed by atoms with E-state index in [1.165, 1.54) is 15.9 Å². The van der Waals surface area contributed by atoms with Gasteiger partial charge in [0.05, 0.1) is 12.6 Å². The lowest BCUT2D eigenvalue weighted by Crippen LogP contribution is -2.53. The normalized spacial score (nSPS) is 15.1. The van der Waals surface area contributed by atoms with Crippen molar-refractivity contribution in [2.75, 3.05) is 32.7 Å². The van der Waals surface area contributed by atoms with Gasteiger partial charge in [0.15, 0.2) is 11.6 Å². The summed E-state index contributed by atoms with van der Waals surface area (Å²) in [6.45, 7) is 4.59. The average molecular weight is 419 g/mol. The van der Waals surface area contributed by atoms with E-state index in [0.717, 1.165) is 12.1 Å². The number of halogens is 3. The molecule has 2 rings (SSSR count). The van der Waals surface area contributed by atoms with Crippen molar-refractivity contribution in [2.24, 2.45) is 11.7 Å². The molecule has 1 heterocycles. The van der Waals surface area contributed by atoms with E-state index in [1.807, 2.05) is 13.8 Å². The van der Waals surface area contributed by atoms with E-state index in [-0.39, 0.29) is 55.3 Å². The summed E-state index contributed by atoms with van der Waals surface area (Å²) in [4.78, 5) is 39.4. The molecule has 3 amide bonds. The van der Waals surface area contributed by atoms with E-state index in [2.05, 4.69) is 5.32 Å². The molecule has 1 aliphatic rings. The molecule has 1 aromatic carbocycles. The van der Waals surface area contributed by atoms with Gasteiger partial charge < -0.3 is 20.9 Å². The van der Waals surface area contributed by atoms with Crippen LogP contribution in [0.1, 0.15) is 24.2 Å². The Morgan fingerprint density at radius 2 is 1.64 bits per heavy atom. The summed E-state index contributed by atoms with van der Waals surface area (Å²) < 4.78 is 26.3. The maximum absolute atomic E-state index is 13.3. The fourth-order valence-corrected chi connectivity index (χ4v) is 2.67. The predicted molar refractivity (Wildman–Crippen MR) is 102 cm³/mol. The third kappa shape index (κ3) is 5.87. The summed E-state index contributed by atoms with van der Waals surface area (Å²) in [5, 5.41) is 2.52. The first-order valence-corrected chi connectivity index (χ1v) is 8.76. The maximum atomic E-state index is 13.3. The number of piperazine rings is 1. The smallest absolute Gasteiger partial charge is 0.254 e. The number of hydrogen-bond donors (Lipinski definition) is 2. The molecule has 0 bridgehead atoms. The van der Waals surface area contributed by atoms with Crippen molar-refractivity contribution in [1.29, 1.82) is 0 Å². The number of rotatable bonds is 5. The second-order valence-corrected chi connectivity index (χ2v) is 6.79. The second kappa shape index (κ2) is 10.3. The Labute approximate surface area is 168 Å². The van der Waals surface area contributed by atoms with Gasteiger partial charge in [-0.15, -0.1) is 12.4 Å². The van der Waals surface area contributed by atoms with Gasteiger partial charge in [0, 0.05) is 31.7 Å². The van der Waals surface area contributed by atoms with Crippen LogP contribution in [0, 0.1) is 17.6 Å². The average Bonchev–Trinajstić information content (AvgIpc) is 2.66. The Hall–Kier alpha value is -2.26. The lowest BCUT2D eigenvalue weighted by Gasteiger charge is -2.35. The maximum Gasteiger partial charge on any atom is 0.254 e. The number of carbonyl (C=O) groups is 3. The summed E-state index contributed by atoms with van der Waals surface area (Å²) in [5.41, 5.74) is 5.78. The highest BCUT2D eigenvalue weighted by atomic mass is 35.5. The van der Waals surface area contributed by atoms with Crippen LogP contribution in [0.4, 0.5) is 8.78 Å². The van der Waals surface area contributed by atoms with Crippen molar-refractivity contribution in [1.82, 2.24) is 15.1 Å². The lowest BCUT2D eigenvalue weighted by atomic mass is 10.1. The quantitative estimate of drug-likeness (QED) is 0.738. The third-order valence-electron chi connectivity index (χ3n) is 4.52. The molecule has 0 unspecified atom stereocenters. The molecule has 1 atom stereocenters. The number of nitrogens with zero attached hydrogens (tertiary/aromatic N) is 2. The minimum atomic E-state index is -1.08. The van der Waals surface area contributed by atoms with E-state index >= 15 is 0 Å². The first-order valence-electron chi connectivity index (χ1n) is 8.76. The molecule has 156 valence electrons. The zero-order chi connectivity index (χ0) is 20.1. The number of nitrogens with two attached hydrogens (primary N) is 1. The van der Waals surface area contributed by atoms with Crippen LogP contribution in [-0.4, -0.2) is 66.3 Å². The van der Waals surface area contributed by atoms with E-state index < -0.39 is 23.6 Å². The van der Waals surface area contributed by atoms with Crippen LogP contribution in [0.25, 0.3) is 0 Å². The van der Waals surface area contributed by atoms with Gasteiger partial charge in [0.25, 0.3) is 5.91 Å². The molecule has 0 spiro atoms. The standard InChI is InChI=1S/C18H24F2N4O3.ClH/c1-11(2)16(21)17(26)22-10-15(25)23-5-7-24(8-6-23)18(27)12-3-4-13(19)14(20)9-12;/h3-4,9,11,16H,5-8,10,21H2,1-2H3,(H,22,26);1H/t16-;/m0./s1. The fourth-order valence-electron chi connectivity index (χ4n) is 2.67. The van der Waals surface area contributed by atoms with Crippen molar-refractivity contribution < 1.29 is 23.2 Å². The Balaban J connectivity index is 0.00000392. The third-order valence-corrected chi connectivity index (χ3v) is 4.52. The second-order valence-electron chi connectivity index (χ2n) is 6.79. The summed E-state index contributed by atoms with van der Waals surface area (Å²) in [6, 6.07) is 2.32.